The lowest BCUT2D eigenvalue weighted by Crippen LogP contribution is -2.05. The summed E-state index contributed by atoms with van der Waals surface area (Å²) in [5, 5.41) is 18.1. The van der Waals surface area contributed by atoms with E-state index in [4.69, 9.17) is 14.0 Å². The Labute approximate surface area is 173 Å². The lowest BCUT2D eigenvalue weighted by Gasteiger charge is -2.11. The Bertz CT molecular complexity index is 1180. The van der Waals surface area contributed by atoms with Gasteiger partial charge in [0.05, 0.1) is 14.2 Å². The van der Waals surface area contributed by atoms with Crippen molar-refractivity contribution in [3.8, 4) is 23.1 Å². The number of rotatable bonds is 7. The molecule has 0 aliphatic heterocycles. The molecule has 0 atom stereocenters. The SMILES string of the molecule is COc1cc(CNc2nnc(-c3nc(C4CC4)no3)c3ccccc23)cc(OC)c1. The van der Waals surface area contributed by atoms with Crippen molar-refractivity contribution in [3.63, 3.8) is 0 Å². The molecule has 0 unspecified atom stereocenters. The van der Waals surface area contributed by atoms with Gasteiger partial charge in [0.15, 0.2) is 17.3 Å². The van der Waals surface area contributed by atoms with E-state index in [1.54, 1.807) is 14.2 Å². The normalized spacial score (nSPS) is 13.4. The molecule has 0 saturated heterocycles. The van der Waals surface area contributed by atoms with Crippen LogP contribution in [0, 0.1) is 0 Å². The van der Waals surface area contributed by atoms with Crippen molar-refractivity contribution in [2.45, 2.75) is 25.3 Å². The fourth-order valence-corrected chi connectivity index (χ4v) is 3.39. The summed E-state index contributed by atoms with van der Waals surface area (Å²) < 4.78 is 16.2. The number of hydrogen-bond donors (Lipinski definition) is 1. The molecule has 152 valence electrons. The van der Waals surface area contributed by atoms with Crippen LogP contribution >= 0.6 is 0 Å². The number of hydrogen-bond acceptors (Lipinski definition) is 8. The van der Waals surface area contributed by atoms with Crippen molar-refractivity contribution in [2.24, 2.45) is 0 Å². The second-order valence-electron chi connectivity index (χ2n) is 7.25. The Balaban J connectivity index is 1.46. The van der Waals surface area contributed by atoms with E-state index in [-0.39, 0.29) is 0 Å². The maximum Gasteiger partial charge on any atom is 0.279 e. The van der Waals surface area contributed by atoms with Crippen LogP contribution in [-0.2, 0) is 6.54 Å². The molecule has 0 bridgehead atoms. The third-order valence-electron chi connectivity index (χ3n) is 5.15. The van der Waals surface area contributed by atoms with Gasteiger partial charge in [0.1, 0.15) is 11.5 Å². The molecule has 2 aromatic carbocycles. The Morgan fingerprint density at radius 3 is 2.43 bits per heavy atom. The number of nitrogens with zero attached hydrogens (tertiary/aromatic N) is 4. The Morgan fingerprint density at radius 2 is 1.73 bits per heavy atom. The van der Waals surface area contributed by atoms with Crippen LogP contribution in [-0.4, -0.2) is 34.6 Å². The zero-order valence-corrected chi connectivity index (χ0v) is 16.8. The molecule has 4 aromatic rings. The number of ether oxygens (including phenoxy) is 2. The minimum absolute atomic E-state index is 0.407. The summed E-state index contributed by atoms with van der Waals surface area (Å²) in [4.78, 5) is 4.53. The van der Waals surface area contributed by atoms with Gasteiger partial charge in [0.25, 0.3) is 5.89 Å². The van der Waals surface area contributed by atoms with Crippen molar-refractivity contribution in [1.29, 1.82) is 0 Å². The number of methoxy groups -OCH3 is 2. The van der Waals surface area contributed by atoms with Gasteiger partial charge in [0.2, 0.25) is 0 Å². The third-order valence-corrected chi connectivity index (χ3v) is 5.15. The Hall–Kier alpha value is -3.68. The highest BCUT2D eigenvalue weighted by atomic mass is 16.5. The lowest BCUT2D eigenvalue weighted by molar-refractivity contribution is 0.393. The van der Waals surface area contributed by atoms with Crippen molar-refractivity contribution in [1.82, 2.24) is 20.3 Å². The molecule has 1 aliphatic rings. The van der Waals surface area contributed by atoms with Gasteiger partial charge in [-0.1, -0.05) is 29.4 Å². The van der Waals surface area contributed by atoms with Gasteiger partial charge < -0.3 is 19.3 Å². The van der Waals surface area contributed by atoms with E-state index in [2.05, 4.69) is 25.7 Å². The van der Waals surface area contributed by atoms with Crippen LogP contribution in [0.4, 0.5) is 5.82 Å². The summed E-state index contributed by atoms with van der Waals surface area (Å²) >= 11 is 0. The predicted octanol–water partition coefficient (Wildman–Crippen LogP) is 4.19. The van der Waals surface area contributed by atoms with E-state index in [1.807, 2.05) is 42.5 Å². The molecular weight excluding hydrogens is 382 g/mol. The zero-order chi connectivity index (χ0) is 20.5. The molecule has 5 rings (SSSR count). The maximum atomic E-state index is 5.47. The van der Waals surface area contributed by atoms with Gasteiger partial charge in [0, 0.05) is 29.3 Å². The number of anilines is 1. The van der Waals surface area contributed by atoms with Crippen LogP contribution < -0.4 is 14.8 Å². The molecule has 1 N–H and O–H groups in total. The number of benzene rings is 2. The molecule has 8 nitrogen and oxygen atoms in total. The van der Waals surface area contributed by atoms with E-state index in [0.717, 1.165) is 46.5 Å². The summed E-state index contributed by atoms with van der Waals surface area (Å²) in [6.45, 7) is 0.540. The van der Waals surface area contributed by atoms with E-state index in [1.165, 1.54) is 0 Å². The Morgan fingerprint density at radius 1 is 1.00 bits per heavy atom. The lowest BCUT2D eigenvalue weighted by atomic mass is 10.1. The number of aromatic nitrogens is 4. The molecule has 0 radical (unpaired) electrons. The summed E-state index contributed by atoms with van der Waals surface area (Å²) in [7, 11) is 3.27. The standard InChI is InChI=1S/C22H21N5O3/c1-28-15-9-13(10-16(11-15)29-2)12-23-21-18-6-4-3-5-17(18)19(25-26-21)22-24-20(27-30-22)14-7-8-14/h3-6,9-11,14H,7-8,12H2,1-2H3,(H,23,26). The average Bonchev–Trinajstić information content (AvgIpc) is 3.54. The predicted molar refractivity (Wildman–Crippen MR) is 112 cm³/mol. The smallest absolute Gasteiger partial charge is 0.279 e. The molecule has 8 heteroatoms. The molecule has 0 spiro atoms. The summed E-state index contributed by atoms with van der Waals surface area (Å²) in [5.74, 6) is 3.73. The summed E-state index contributed by atoms with van der Waals surface area (Å²) in [6, 6.07) is 13.7. The highest BCUT2D eigenvalue weighted by molar-refractivity contribution is 5.98. The monoisotopic (exact) mass is 403 g/mol. The van der Waals surface area contributed by atoms with Gasteiger partial charge in [-0.3, -0.25) is 0 Å². The van der Waals surface area contributed by atoms with Gasteiger partial charge in [-0.05, 0) is 30.5 Å². The van der Waals surface area contributed by atoms with E-state index in [0.29, 0.717) is 29.9 Å². The fourth-order valence-electron chi connectivity index (χ4n) is 3.39. The van der Waals surface area contributed by atoms with Crippen molar-refractivity contribution in [3.05, 3.63) is 53.9 Å². The van der Waals surface area contributed by atoms with Crippen LogP contribution in [0.25, 0.3) is 22.4 Å². The first kappa shape index (κ1) is 18.4. The first-order chi connectivity index (χ1) is 14.7. The highest BCUT2D eigenvalue weighted by Gasteiger charge is 2.29. The van der Waals surface area contributed by atoms with Gasteiger partial charge >= 0.3 is 0 Å². The average molecular weight is 403 g/mol. The summed E-state index contributed by atoms with van der Waals surface area (Å²) in [5.41, 5.74) is 1.60. The van der Waals surface area contributed by atoms with Gasteiger partial charge in [-0.2, -0.15) is 4.98 Å². The topological polar surface area (TPSA) is 95.2 Å². The molecule has 30 heavy (non-hydrogen) atoms. The minimum atomic E-state index is 0.407. The number of nitrogens with one attached hydrogen (secondary N) is 1. The molecule has 1 aliphatic carbocycles. The van der Waals surface area contributed by atoms with E-state index >= 15 is 0 Å². The number of fused-ring (bicyclic) bond motifs is 1. The van der Waals surface area contributed by atoms with Gasteiger partial charge in [-0.15, -0.1) is 10.2 Å². The van der Waals surface area contributed by atoms with Crippen LogP contribution in [0.1, 0.15) is 30.1 Å². The third kappa shape index (κ3) is 3.52. The van der Waals surface area contributed by atoms with Crippen LogP contribution in [0.2, 0.25) is 0 Å². The Kier molecular flexibility index (Phi) is 4.66. The largest absolute Gasteiger partial charge is 0.497 e. The second kappa shape index (κ2) is 7.62. The molecule has 1 saturated carbocycles. The van der Waals surface area contributed by atoms with Gasteiger partial charge in [-0.25, -0.2) is 0 Å². The van der Waals surface area contributed by atoms with Crippen molar-refractivity contribution < 1.29 is 14.0 Å². The molecule has 2 aromatic heterocycles. The molecule has 0 amide bonds. The minimum Gasteiger partial charge on any atom is -0.497 e. The zero-order valence-electron chi connectivity index (χ0n) is 16.8. The van der Waals surface area contributed by atoms with Crippen LogP contribution in [0.15, 0.2) is 47.0 Å². The quantitative estimate of drug-likeness (QED) is 0.491. The first-order valence-corrected chi connectivity index (χ1v) is 9.80. The maximum absolute atomic E-state index is 5.47. The molecular formula is C22H21N5O3. The summed E-state index contributed by atoms with van der Waals surface area (Å²) in [6.07, 6.45) is 2.23. The molecule has 1 fully saturated rings. The highest BCUT2D eigenvalue weighted by Crippen LogP contribution is 2.39. The van der Waals surface area contributed by atoms with E-state index in [9.17, 15) is 0 Å². The van der Waals surface area contributed by atoms with Crippen LogP contribution in [0.5, 0.6) is 11.5 Å². The second-order valence-corrected chi connectivity index (χ2v) is 7.25. The molecule has 2 heterocycles. The van der Waals surface area contributed by atoms with Crippen molar-refractivity contribution >= 4 is 16.6 Å². The first-order valence-electron chi connectivity index (χ1n) is 9.80. The van der Waals surface area contributed by atoms with E-state index < -0.39 is 0 Å². The van der Waals surface area contributed by atoms with Crippen LogP contribution in [0.3, 0.4) is 0 Å². The van der Waals surface area contributed by atoms with Crippen molar-refractivity contribution in [2.75, 3.05) is 19.5 Å². The fraction of sp³-hybridized carbons (Fsp3) is 0.273.